The maximum absolute atomic E-state index is 12.4. The van der Waals surface area contributed by atoms with E-state index in [1.54, 1.807) is 13.0 Å². The van der Waals surface area contributed by atoms with Gasteiger partial charge in [-0.3, -0.25) is 4.79 Å². The summed E-state index contributed by atoms with van der Waals surface area (Å²) in [6, 6.07) is 3.77. The molecule has 0 aliphatic carbocycles. The average molecular weight is 345 g/mol. The molecule has 1 fully saturated rings. The van der Waals surface area contributed by atoms with E-state index >= 15 is 0 Å². The molecule has 1 saturated heterocycles. The third kappa shape index (κ3) is 3.22. The smallest absolute Gasteiger partial charge is 0.339 e. The van der Waals surface area contributed by atoms with E-state index in [4.69, 9.17) is 9.52 Å². The van der Waals surface area contributed by atoms with E-state index in [-0.39, 0.29) is 24.5 Å². The van der Waals surface area contributed by atoms with E-state index in [1.165, 1.54) is 17.0 Å². The van der Waals surface area contributed by atoms with E-state index in [2.05, 4.69) is 0 Å². The lowest BCUT2D eigenvalue weighted by atomic mass is 10.0. The van der Waals surface area contributed by atoms with Crippen molar-refractivity contribution in [2.75, 3.05) is 6.54 Å². The molecule has 0 saturated carbocycles. The van der Waals surface area contributed by atoms with Crippen LogP contribution in [-0.4, -0.2) is 39.6 Å². The van der Waals surface area contributed by atoms with Crippen LogP contribution in [0.5, 0.6) is 5.75 Å². The van der Waals surface area contributed by atoms with Gasteiger partial charge in [-0.05, 0) is 43.9 Å². The highest BCUT2D eigenvalue weighted by Gasteiger charge is 2.33. The second-order valence-corrected chi connectivity index (χ2v) is 6.26. The molecule has 2 N–H and O–H groups in total. The molecule has 1 aromatic carbocycles. The van der Waals surface area contributed by atoms with Gasteiger partial charge in [0.05, 0.1) is 0 Å². The number of amides is 1. The maximum atomic E-state index is 12.4. The van der Waals surface area contributed by atoms with Gasteiger partial charge in [0.1, 0.15) is 17.4 Å². The van der Waals surface area contributed by atoms with E-state index in [1.807, 2.05) is 0 Å². The molecule has 2 aromatic rings. The normalized spacial score (nSPS) is 17.2. The molecule has 2 heterocycles. The number of carbonyl (C=O) groups excluding carboxylic acids is 1. The van der Waals surface area contributed by atoms with Gasteiger partial charge >= 0.3 is 11.6 Å². The molecular weight excluding hydrogens is 326 g/mol. The van der Waals surface area contributed by atoms with Gasteiger partial charge in [-0.2, -0.15) is 0 Å². The molecule has 1 aliphatic rings. The maximum Gasteiger partial charge on any atom is 0.339 e. The highest BCUT2D eigenvalue weighted by molar-refractivity contribution is 5.85. The van der Waals surface area contributed by atoms with Gasteiger partial charge in [0.15, 0.2) is 0 Å². The number of aliphatic carboxylic acids is 1. The molecule has 1 aliphatic heterocycles. The molecule has 1 aromatic heterocycles. The number of aromatic hydroxyl groups is 1. The third-order valence-electron chi connectivity index (χ3n) is 4.72. The van der Waals surface area contributed by atoms with Crippen molar-refractivity contribution in [1.82, 2.24) is 4.90 Å². The Kier molecular flexibility index (Phi) is 4.48. The minimum atomic E-state index is -0.993. The van der Waals surface area contributed by atoms with Crippen LogP contribution in [0.4, 0.5) is 0 Å². The molecule has 7 heteroatoms. The van der Waals surface area contributed by atoms with Crippen molar-refractivity contribution >= 4 is 22.8 Å². The Hall–Kier alpha value is -2.83. The number of carbonyl (C=O) groups is 2. The molecule has 0 unspecified atom stereocenters. The molecule has 1 amide bonds. The Labute approximate surface area is 143 Å². The lowest BCUT2D eigenvalue weighted by molar-refractivity contribution is -0.148. The summed E-state index contributed by atoms with van der Waals surface area (Å²) in [6.45, 7) is 2.20. The topological polar surface area (TPSA) is 108 Å². The Morgan fingerprint density at radius 3 is 2.84 bits per heavy atom. The lowest BCUT2D eigenvalue weighted by Gasteiger charge is -2.21. The van der Waals surface area contributed by atoms with Crippen molar-refractivity contribution in [3.05, 3.63) is 39.7 Å². The monoisotopic (exact) mass is 345 g/mol. The fourth-order valence-corrected chi connectivity index (χ4v) is 3.37. The van der Waals surface area contributed by atoms with Crippen molar-refractivity contribution in [3.8, 4) is 5.75 Å². The average Bonchev–Trinajstić information content (AvgIpc) is 3.04. The number of aryl methyl sites for hydroxylation is 1. The summed E-state index contributed by atoms with van der Waals surface area (Å²) < 4.78 is 5.24. The highest BCUT2D eigenvalue weighted by atomic mass is 16.4. The largest absolute Gasteiger partial charge is 0.508 e. The summed E-state index contributed by atoms with van der Waals surface area (Å²) in [7, 11) is 0. The minimum Gasteiger partial charge on any atom is -0.508 e. The van der Waals surface area contributed by atoms with Crippen molar-refractivity contribution in [3.63, 3.8) is 0 Å². The number of carboxylic acids is 1. The second-order valence-electron chi connectivity index (χ2n) is 6.26. The SMILES string of the molecule is Cc1c(CCC(=O)N2CCC[C@H]2C(=O)O)c(=O)oc2cc(O)ccc12. The summed E-state index contributed by atoms with van der Waals surface area (Å²) >= 11 is 0. The Bertz CT molecular complexity index is 900. The quantitative estimate of drug-likeness (QED) is 0.818. The zero-order valence-corrected chi connectivity index (χ0v) is 13.8. The van der Waals surface area contributed by atoms with Crippen LogP contribution in [-0.2, 0) is 16.0 Å². The summed E-state index contributed by atoms with van der Waals surface area (Å²) in [6.07, 6.45) is 1.37. The van der Waals surface area contributed by atoms with Crippen LogP contribution >= 0.6 is 0 Å². The van der Waals surface area contributed by atoms with E-state index in [0.717, 1.165) is 0 Å². The van der Waals surface area contributed by atoms with Crippen LogP contribution < -0.4 is 5.63 Å². The molecular formula is C18H19NO6. The van der Waals surface area contributed by atoms with Crippen LogP contribution in [0.2, 0.25) is 0 Å². The summed E-state index contributed by atoms with van der Waals surface area (Å²) in [5, 5.41) is 19.4. The zero-order chi connectivity index (χ0) is 18.1. The molecule has 132 valence electrons. The van der Waals surface area contributed by atoms with Gasteiger partial charge in [0.2, 0.25) is 5.91 Å². The number of benzene rings is 1. The van der Waals surface area contributed by atoms with E-state index < -0.39 is 17.6 Å². The molecule has 25 heavy (non-hydrogen) atoms. The van der Waals surface area contributed by atoms with Gasteiger partial charge in [-0.15, -0.1) is 0 Å². The number of rotatable bonds is 4. The number of carboxylic acid groups (broad SMARTS) is 1. The number of fused-ring (bicyclic) bond motifs is 1. The van der Waals surface area contributed by atoms with Crippen molar-refractivity contribution in [1.29, 1.82) is 0 Å². The first-order valence-electron chi connectivity index (χ1n) is 8.16. The number of nitrogens with zero attached hydrogens (tertiary/aromatic N) is 1. The van der Waals surface area contributed by atoms with Crippen molar-refractivity contribution < 1.29 is 24.2 Å². The number of phenols is 1. The van der Waals surface area contributed by atoms with Crippen LogP contribution in [0.1, 0.15) is 30.4 Å². The van der Waals surface area contributed by atoms with Crippen molar-refractivity contribution in [2.24, 2.45) is 0 Å². The van der Waals surface area contributed by atoms with Gasteiger partial charge in [-0.1, -0.05) is 0 Å². The van der Waals surface area contributed by atoms with Crippen LogP contribution in [0.25, 0.3) is 11.0 Å². The highest BCUT2D eigenvalue weighted by Crippen LogP contribution is 2.24. The predicted molar refractivity (Wildman–Crippen MR) is 89.6 cm³/mol. The molecule has 0 spiro atoms. The van der Waals surface area contributed by atoms with Crippen molar-refractivity contribution in [2.45, 2.75) is 38.6 Å². The summed E-state index contributed by atoms with van der Waals surface area (Å²) in [5.74, 6) is -1.26. The number of hydrogen-bond donors (Lipinski definition) is 2. The number of hydrogen-bond acceptors (Lipinski definition) is 5. The molecule has 1 atom stereocenters. The van der Waals surface area contributed by atoms with Crippen LogP contribution in [0.3, 0.4) is 0 Å². The Morgan fingerprint density at radius 2 is 2.12 bits per heavy atom. The standard InChI is InChI=1S/C18H19NO6/c1-10-12-5-4-11(20)9-15(12)25-18(24)13(10)6-7-16(21)19-8-2-3-14(19)17(22)23/h4-5,9,14,20H,2-3,6-8H2,1H3,(H,22,23)/t14-/m0/s1. The third-order valence-corrected chi connectivity index (χ3v) is 4.72. The zero-order valence-electron chi connectivity index (χ0n) is 13.8. The van der Waals surface area contributed by atoms with Crippen LogP contribution in [0.15, 0.2) is 27.4 Å². The first kappa shape index (κ1) is 17.0. The van der Waals surface area contributed by atoms with E-state index in [0.29, 0.717) is 41.5 Å². The first-order valence-corrected chi connectivity index (χ1v) is 8.16. The minimum absolute atomic E-state index is 0.00623. The summed E-state index contributed by atoms with van der Waals surface area (Å²) in [5.41, 5.74) is 0.857. The summed E-state index contributed by atoms with van der Waals surface area (Å²) in [4.78, 5) is 37.1. The molecule has 0 bridgehead atoms. The van der Waals surface area contributed by atoms with E-state index in [9.17, 15) is 19.5 Å². The van der Waals surface area contributed by atoms with Gasteiger partial charge in [0, 0.05) is 30.0 Å². The second kappa shape index (κ2) is 6.58. The molecule has 3 rings (SSSR count). The Morgan fingerprint density at radius 1 is 1.36 bits per heavy atom. The Balaban J connectivity index is 1.81. The number of phenolic OH excluding ortho intramolecular Hbond substituents is 1. The van der Waals surface area contributed by atoms with Crippen LogP contribution in [0, 0.1) is 6.92 Å². The fraction of sp³-hybridized carbons (Fsp3) is 0.389. The predicted octanol–water partition coefficient (Wildman–Crippen LogP) is 1.82. The number of likely N-dealkylation sites (tertiary alicyclic amines) is 1. The first-order chi connectivity index (χ1) is 11.9. The lowest BCUT2D eigenvalue weighted by Crippen LogP contribution is -2.40. The van der Waals surface area contributed by atoms with Gasteiger partial charge in [-0.25, -0.2) is 9.59 Å². The molecule has 0 radical (unpaired) electrons. The fourth-order valence-electron chi connectivity index (χ4n) is 3.37. The van der Waals surface area contributed by atoms with Gasteiger partial charge in [0.25, 0.3) is 0 Å². The van der Waals surface area contributed by atoms with Gasteiger partial charge < -0.3 is 19.5 Å². The molecule has 7 nitrogen and oxygen atoms in total.